The van der Waals surface area contributed by atoms with E-state index in [0.29, 0.717) is 5.92 Å². The van der Waals surface area contributed by atoms with Gasteiger partial charge in [0.15, 0.2) is 0 Å². The maximum absolute atomic E-state index is 3.54. The highest BCUT2D eigenvalue weighted by molar-refractivity contribution is 8.00. The highest BCUT2D eigenvalue weighted by Crippen LogP contribution is 2.34. The van der Waals surface area contributed by atoms with Crippen molar-refractivity contribution in [3.8, 4) is 0 Å². The SMILES string of the molecule is Cc1ccc(SC(C)(C)C)c(CNCC(C)C)c1. The molecule has 0 saturated carbocycles. The Balaban J connectivity index is 2.77. The van der Waals surface area contributed by atoms with Crippen molar-refractivity contribution in [2.24, 2.45) is 5.92 Å². The van der Waals surface area contributed by atoms with E-state index in [4.69, 9.17) is 0 Å². The minimum atomic E-state index is 0.266. The van der Waals surface area contributed by atoms with E-state index in [1.54, 1.807) is 0 Å². The number of aryl methyl sites for hydroxylation is 1. The molecule has 2 heteroatoms. The number of thioether (sulfide) groups is 1. The van der Waals surface area contributed by atoms with E-state index in [9.17, 15) is 0 Å². The molecule has 1 aromatic carbocycles. The van der Waals surface area contributed by atoms with Crippen LogP contribution in [0.5, 0.6) is 0 Å². The Hall–Kier alpha value is -0.470. The van der Waals surface area contributed by atoms with E-state index in [1.807, 2.05) is 11.8 Å². The van der Waals surface area contributed by atoms with Gasteiger partial charge in [0.2, 0.25) is 0 Å². The van der Waals surface area contributed by atoms with E-state index >= 15 is 0 Å². The number of hydrogen-bond acceptors (Lipinski definition) is 2. The first kappa shape index (κ1) is 15.6. The summed E-state index contributed by atoms with van der Waals surface area (Å²) < 4.78 is 0.266. The first-order valence-electron chi connectivity index (χ1n) is 6.77. The van der Waals surface area contributed by atoms with Gasteiger partial charge < -0.3 is 5.32 Å². The van der Waals surface area contributed by atoms with Crippen molar-refractivity contribution < 1.29 is 0 Å². The van der Waals surface area contributed by atoms with E-state index in [0.717, 1.165) is 13.1 Å². The minimum Gasteiger partial charge on any atom is -0.312 e. The smallest absolute Gasteiger partial charge is 0.0216 e. The van der Waals surface area contributed by atoms with Gasteiger partial charge in [-0.25, -0.2) is 0 Å². The molecule has 1 nitrogen and oxygen atoms in total. The van der Waals surface area contributed by atoms with Crippen LogP contribution in [0.3, 0.4) is 0 Å². The van der Waals surface area contributed by atoms with Gasteiger partial charge in [0.05, 0.1) is 0 Å². The topological polar surface area (TPSA) is 12.0 Å². The van der Waals surface area contributed by atoms with Crippen LogP contribution in [0.25, 0.3) is 0 Å². The quantitative estimate of drug-likeness (QED) is 0.779. The third-order valence-corrected chi connectivity index (χ3v) is 3.73. The van der Waals surface area contributed by atoms with Gasteiger partial charge in [-0.15, -0.1) is 11.8 Å². The lowest BCUT2D eigenvalue weighted by atomic mass is 10.1. The minimum absolute atomic E-state index is 0.266. The first-order chi connectivity index (χ1) is 8.28. The molecule has 18 heavy (non-hydrogen) atoms. The standard InChI is InChI=1S/C16H27NS/c1-12(2)10-17-11-14-9-13(3)7-8-15(14)18-16(4,5)6/h7-9,12,17H,10-11H2,1-6H3. The van der Waals surface area contributed by atoms with Crippen LogP contribution < -0.4 is 5.32 Å². The van der Waals surface area contributed by atoms with Gasteiger partial charge in [0.1, 0.15) is 0 Å². The molecule has 0 saturated heterocycles. The lowest BCUT2D eigenvalue weighted by Gasteiger charge is -2.20. The first-order valence-corrected chi connectivity index (χ1v) is 7.59. The Bertz CT molecular complexity index is 377. The van der Waals surface area contributed by atoms with Crippen molar-refractivity contribution in [2.45, 2.75) is 57.7 Å². The fourth-order valence-electron chi connectivity index (χ4n) is 1.77. The second kappa shape index (κ2) is 6.63. The lowest BCUT2D eigenvalue weighted by molar-refractivity contribution is 0.550. The van der Waals surface area contributed by atoms with Gasteiger partial charge in [0, 0.05) is 16.2 Å². The molecular formula is C16H27NS. The molecular weight excluding hydrogens is 238 g/mol. The molecule has 0 aliphatic rings. The molecule has 1 rings (SSSR count). The van der Waals surface area contributed by atoms with Crippen LogP contribution in [0, 0.1) is 12.8 Å². The molecule has 0 heterocycles. The summed E-state index contributed by atoms with van der Waals surface area (Å²) in [5, 5.41) is 3.54. The molecule has 0 amide bonds. The van der Waals surface area contributed by atoms with Crippen molar-refractivity contribution >= 4 is 11.8 Å². The molecule has 0 radical (unpaired) electrons. The van der Waals surface area contributed by atoms with Gasteiger partial charge in [-0.05, 0) is 31.0 Å². The maximum atomic E-state index is 3.54. The van der Waals surface area contributed by atoms with Gasteiger partial charge in [-0.2, -0.15) is 0 Å². The Morgan fingerprint density at radius 3 is 2.44 bits per heavy atom. The number of nitrogens with one attached hydrogen (secondary N) is 1. The molecule has 0 atom stereocenters. The van der Waals surface area contributed by atoms with E-state index in [1.165, 1.54) is 16.0 Å². The van der Waals surface area contributed by atoms with Gasteiger partial charge in [-0.3, -0.25) is 0 Å². The Kier molecular flexibility index (Phi) is 5.74. The second-order valence-electron chi connectivity index (χ2n) is 6.35. The third kappa shape index (κ3) is 5.92. The van der Waals surface area contributed by atoms with Crippen LogP contribution >= 0.6 is 11.8 Å². The summed E-state index contributed by atoms with van der Waals surface area (Å²) in [5.41, 5.74) is 2.77. The predicted octanol–water partition coefficient (Wildman–Crippen LogP) is 4.63. The zero-order valence-electron chi connectivity index (χ0n) is 12.6. The highest BCUT2D eigenvalue weighted by Gasteiger charge is 2.14. The van der Waals surface area contributed by atoms with Crippen LogP contribution in [0.1, 0.15) is 45.7 Å². The number of hydrogen-bond donors (Lipinski definition) is 1. The van der Waals surface area contributed by atoms with Crippen LogP contribution in [0.4, 0.5) is 0 Å². The molecule has 1 N–H and O–H groups in total. The largest absolute Gasteiger partial charge is 0.312 e. The average molecular weight is 265 g/mol. The number of rotatable bonds is 5. The summed E-state index contributed by atoms with van der Waals surface area (Å²) in [6.45, 7) is 15.5. The zero-order valence-corrected chi connectivity index (χ0v) is 13.4. The second-order valence-corrected chi connectivity index (χ2v) is 8.22. The number of benzene rings is 1. The Labute approximate surface area is 117 Å². The van der Waals surface area contributed by atoms with Crippen molar-refractivity contribution in [2.75, 3.05) is 6.54 Å². The fraction of sp³-hybridized carbons (Fsp3) is 0.625. The summed E-state index contributed by atoms with van der Waals surface area (Å²) in [6.07, 6.45) is 0. The van der Waals surface area contributed by atoms with Crippen molar-refractivity contribution in [1.29, 1.82) is 0 Å². The van der Waals surface area contributed by atoms with Gasteiger partial charge in [-0.1, -0.05) is 52.3 Å². The van der Waals surface area contributed by atoms with E-state index < -0.39 is 0 Å². The summed E-state index contributed by atoms with van der Waals surface area (Å²) in [6, 6.07) is 6.78. The zero-order chi connectivity index (χ0) is 13.8. The van der Waals surface area contributed by atoms with Gasteiger partial charge >= 0.3 is 0 Å². The molecule has 0 unspecified atom stereocenters. The molecule has 0 aliphatic heterocycles. The molecule has 0 aromatic heterocycles. The average Bonchev–Trinajstić information content (AvgIpc) is 2.19. The Morgan fingerprint density at radius 1 is 1.22 bits per heavy atom. The van der Waals surface area contributed by atoms with E-state index in [-0.39, 0.29) is 4.75 Å². The monoisotopic (exact) mass is 265 g/mol. The molecule has 1 aromatic rings. The third-order valence-electron chi connectivity index (χ3n) is 2.50. The van der Waals surface area contributed by atoms with Crippen LogP contribution in [0.2, 0.25) is 0 Å². The van der Waals surface area contributed by atoms with E-state index in [2.05, 4.69) is 65.1 Å². The molecule has 0 aliphatic carbocycles. The van der Waals surface area contributed by atoms with Crippen LogP contribution in [-0.4, -0.2) is 11.3 Å². The molecule has 0 bridgehead atoms. The Morgan fingerprint density at radius 2 is 1.89 bits per heavy atom. The predicted molar refractivity (Wildman–Crippen MR) is 83.3 cm³/mol. The summed E-state index contributed by atoms with van der Waals surface area (Å²) in [4.78, 5) is 1.41. The normalized spacial score (nSPS) is 12.2. The van der Waals surface area contributed by atoms with Crippen molar-refractivity contribution in [3.63, 3.8) is 0 Å². The highest BCUT2D eigenvalue weighted by atomic mass is 32.2. The van der Waals surface area contributed by atoms with Crippen molar-refractivity contribution in [1.82, 2.24) is 5.32 Å². The van der Waals surface area contributed by atoms with Gasteiger partial charge in [0.25, 0.3) is 0 Å². The summed E-state index contributed by atoms with van der Waals surface area (Å²) in [5.74, 6) is 0.702. The molecule has 102 valence electrons. The maximum Gasteiger partial charge on any atom is 0.0216 e. The lowest BCUT2D eigenvalue weighted by Crippen LogP contribution is -2.19. The molecule has 0 fully saturated rings. The fourth-order valence-corrected chi connectivity index (χ4v) is 2.83. The molecule has 0 spiro atoms. The summed E-state index contributed by atoms with van der Waals surface area (Å²) in [7, 11) is 0. The summed E-state index contributed by atoms with van der Waals surface area (Å²) >= 11 is 1.95. The van der Waals surface area contributed by atoms with Crippen LogP contribution in [-0.2, 0) is 6.54 Å². The van der Waals surface area contributed by atoms with Crippen molar-refractivity contribution in [3.05, 3.63) is 29.3 Å². The van der Waals surface area contributed by atoms with Crippen LogP contribution in [0.15, 0.2) is 23.1 Å².